The van der Waals surface area contributed by atoms with Gasteiger partial charge in [-0.25, -0.2) is 5.11 Å². The van der Waals surface area contributed by atoms with Gasteiger partial charge in [0, 0.05) is 0 Å². The Kier molecular flexibility index (Phi) is 2.29. The molecule has 0 bridgehead atoms. The molecule has 0 N–H and O–H groups in total. The van der Waals surface area contributed by atoms with Crippen molar-refractivity contribution in [3.8, 4) is 0 Å². The first-order chi connectivity index (χ1) is 3.71. The zero-order chi connectivity index (χ0) is 7.71. The van der Waals surface area contributed by atoms with E-state index in [0.29, 0.717) is 0 Å². The molecule has 0 aliphatic carbocycles. The summed E-state index contributed by atoms with van der Waals surface area (Å²) in [4.78, 5) is 0. The Hall–Kier alpha value is -0.0400. The molecule has 0 aromatic heterocycles. The summed E-state index contributed by atoms with van der Waals surface area (Å²) >= 11 is 0. The molecule has 1 heteroatoms. The first-order valence-electron chi connectivity index (χ1n) is 3.41. The Morgan fingerprint density at radius 2 is 1.33 bits per heavy atom. The Morgan fingerprint density at radius 1 is 1.00 bits per heavy atom. The average Bonchev–Trinajstić information content (AvgIpc) is 1.14. The van der Waals surface area contributed by atoms with Crippen LogP contribution in [0.1, 0.15) is 41.0 Å². The van der Waals surface area contributed by atoms with Gasteiger partial charge < -0.3 is 0 Å². The molecule has 0 aromatic carbocycles. The van der Waals surface area contributed by atoms with Crippen molar-refractivity contribution < 1.29 is 5.11 Å². The highest BCUT2D eigenvalue weighted by molar-refractivity contribution is 4.73. The minimum atomic E-state index is -0.766. The van der Waals surface area contributed by atoms with Crippen molar-refractivity contribution in [2.24, 2.45) is 5.41 Å². The lowest BCUT2D eigenvalue weighted by Crippen LogP contribution is -2.24. The van der Waals surface area contributed by atoms with Crippen molar-refractivity contribution >= 4 is 0 Å². The van der Waals surface area contributed by atoms with E-state index in [1.54, 1.807) is 13.8 Å². The predicted octanol–water partition coefficient (Wildman–Crippen LogP) is 2.63. The van der Waals surface area contributed by atoms with Crippen LogP contribution in [0.25, 0.3) is 0 Å². The average molecular weight is 129 g/mol. The van der Waals surface area contributed by atoms with Crippen LogP contribution in [-0.4, -0.2) is 5.60 Å². The molecule has 0 amide bonds. The number of rotatable bonds is 1. The second-order valence-corrected chi connectivity index (χ2v) is 4.50. The Labute approximate surface area is 58.1 Å². The van der Waals surface area contributed by atoms with Gasteiger partial charge in [0.25, 0.3) is 0 Å². The van der Waals surface area contributed by atoms with Crippen molar-refractivity contribution in [2.75, 3.05) is 0 Å². The maximum absolute atomic E-state index is 11.1. The Balaban J connectivity index is 3.75. The minimum absolute atomic E-state index is 0.172. The van der Waals surface area contributed by atoms with Crippen LogP contribution in [0.4, 0.5) is 0 Å². The van der Waals surface area contributed by atoms with Gasteiger partial charge in [0.2, 0.25) is 0 Å². The van der Waals surface area contributed by atoms with Gasteiger partial charge in [-0.05, 0) is 25.7 Å². The van der Waals surface area contributed by atoms with E-state index in [2.05, 4.69) is 20.8 Å². The van der Waals surface area contributed by atoms with Crippen LogP contribution >= 0.6 is 0 Å². The van der Waals surface area contributed by atoms with Crippen LogP contribution in [0.2, 0.25) is 0 Å². The largest absolute Gasteiger partial charge is 0.230 e. The van der Waals surface area contributed by atoms with Crippen LogP contribution in [0.5, 0.6) is 0 Å². The summed E-state index contributed by atoms with van der Waals surface area (Å²) in [5.41, 5.74) is -0.594. The second kappa shape index (κ2) is 2.30. The molecule has 9 heavy (non-hydrogen) atoms. The topological polar surface area (TPSA) is 19.9 Å². The van der Waals surface area contributed by atoms with E-state index in [0.717, 1.165) is 6.42 Å². The Bertz CT molecular complexity index is 69.7. The maximum atomic E-state index is 11.1. The highest BCUT2D eigenvalue weighted by Crippen LogP contribution is 2.26. The highest BCUT2D eigenvalue weighted by Gasteiger charge is 2.23. The van der Waals surface area contributed by atoms with Crippen molar-refractivity contribution in [1.82, 2.24) is 0 Å². The Morgan fingerprint density at radius 3 is 1.33 bits per heavy atom. The molecule has 0 saturated heterocycles. The first kappa shape index (κ1) is 8.96. The van der Waals surface area contributed by atoms with E-state index in [-0.39, 0.29) is 5.41 Å². The van der Waals surface area contributed by atoms with Gasteiger partial charge in [0.15, 0.2) is 0 Å². The smallest absolute Gasteiger partial charge is 0.0985 e. The van der Waals surface area contributed by atoms with Gasteiger partial charge in [0.05, 0.1) is 5.60 Å². The molecule has 0 unspecified atom stereocenters. The zero-order valence-corrected chi connectivity index (χ0v) is 7.12. The van der Waals surface area contributed by atoms with E-state index in [9.17, 15) is 5.11 Å². The number of hydrogen-bond donors (Lipinski definition) is 0. The SMILES string of the molecule is CC(C)(C)CC(C)(C)[O]. The van der Waals surface area contributed by atoms with Gasteiger partial charge in [-0.3, -0.25) is 0 Å². The van der Waals surface area contributed by atoms with Crippen LogP contribution < -0.4 is 0 Å². The molecule has 0 atom stereocenters. The van der Waals surface area contributed by atoms with E-state index in [1.165, 1.54) is 0 Å². The third kappa shape index (κ3) is 7.96. The van der Waals surface area contributed by atoms with E-state index >= 15 is 0 Å². The van der Waals surface area contributed by atoms with Gasteiger partial charge in [0.1, 0.15) is 0 Å². The molecule has 0 fully saturated rings. The molecule has 1 radical (unpaired) electrons. The summed E-state index contributed by atoms with van der Waals surface area (Å²) in [6, 6.07) is 0. The third-order valence-electron chi connectivity index (χ3n) is 0.956. The lowest BCUT2D eigenvalue weighted by molar-refractivity contribution is -0.0273. The van der Waals surface area contributed by atoms with E-state index in [1.807, 2.05) is 0 Å². The summed E-state index contributed by atoms with van der Waals surface area (Å²) in [7, 11) is 0. The fourth-order valence-corrected chi connectivity index (χ4v) is 1.28. The molecule has 0 aliphatic heterocycles. The molecule has 0 heterocycles. The van der Waals surface area contributed by atoms with Gasteiger partial charge >= 0.3 is 0 Å². The van der Waals surface area contributed by atoms with Crippen LogP contribution in [0, 0.1) is 5.41 Å². The van der Waals surface area contributed by atoms with Crippen molar-refractivity contribution in [3.05, 3.63) is 0 Å². The zero-order valence-electron chi connectivity index (χ0n) is 7.12. The monoisotopic (exact) mass is 129 g/mol. The molecule has 0 saturated carbocycles. The van der Waals surface area contributed by atoms with E-state index in [4.69, 9.17) is 0 Å². The van der Waals surface area contributed by atoms with Crippen LogP contribution in [0.15, 0.2) is 0 Å². The third-order valence-corrected chi connectivity index (χ3v) is 0.956. The lowest BCUT2D eigenvalue weighted by Gasteiger charge is -2.25. The lowest BCUT2D eigenvalue weighted by atomic mass is 9.84. The summed E-state index contributed by atoms with van der Waals surface area (Å²) < 4.78 is 0. The second-order valence-electron chi connectivity index (χ2n) is 4.50. The standard InChI is InChI=1S/C8H17O/c1-7(2,3)6-8(4,5)9/h6H2,1-5H3. The number of hydrogen-bond acceptors (Lipinski definition) is 0. The fraction of sp³-hybridized carbons (Fsp3) is 1.00. The van der Waals surface area contributed by atoms with Crippen molar-refractivity contribution in [1.29, 1.82) is 0 Å². The highest BCUT2D eigenvalue weighted by atomic mass is 16.3. The first-order valence-corrected chi connectivity index (χ1v) is 3.41. The molecule has 55 valence electrons. The van der Waals surface area contributed by atoms with Gasteiger partial charge in [-0.2, -0.15) is 0 Å². The summed E-state index contributed by atoms with van der Waals surface area (Å²) in [5, 5.41) is 11.1. The van der Waals surface area contributed by atoms with Crippen molar-refractivity contribution in [2.45, 2.75) is 46.6 Å². The van der Waals surface area contributed by atoms with Gasteiger partial charge in [-0.15, -0.1) is 0 Å². The van der Waals surface area contributed by atoms with Crippen LogP contribution in [-0.2, 0) is 5.11 Å². The summed E-state index contributed by atoms with van der Waals surface area (Å²) in [6.07, 6.45) is 0.736. The molecular formula is C8H17O. The maximum Gasteiger partial charge on any atom is 0.0985 e. The van der Waals surface area contributed by atoms with E-state index < -0.39 is 5.60 Å². The normalized spacial score (nSPS) is 14.0. The summed E-state index contributed by atoms with van der Waals surface area (Å²) in [5.74, 6) is 0. The molecule has 1 nitrogen and oxygen atoms in total. The quantitative estimate of drug-likeness (QED) is 0.518. The van der Waals surface area contributed by atoms with Crippen molar-refractivity contribution in [3.63, 3.8) is 0 Å². The summed E-state index contributed by atoms with van der Waals surface area (Å²) in [6.45, 7) is 9.74. The molecule has 0 aromatic rings. The fourth-order valence-electron chi connectivity index (χ4n) is 1.28. The molecular weight excluding hydrogens is 112 g/mol. The molecule has 0 aliphatic rings. The van der Waals surface area contributed by atoms with Gasteiger partial charge in [-0.1, -0.05) is 20.8 Å². The minimum Gasteiger partial charge on any atom is -0.230 e. The molecule has 0 spiro atoms. The molecule has 0 rings (SSSR count). The van der Waals surface area contributed by atoms with Crippen LogP contribution in [0.3, 0.4) is 0 Å². The predicted molar refractivity (Wildman–Crippen MR) is 38.8 cm³/mol.